The van der Waals surface area contributed by atoms with Gasteiger partial charge in [-0.05, 0) is 73.3 Å². The SMILES string of the molecule is CCCc1ccc(CC/C=C/C2CC=C(c3ccc(OC)c(F)c3F)CC2)cc1. The molecule has 3 rings (SSSR count). The molecule has 1 atom stereocenters. The van der Waals surface area contributed by atoms with E-state index in [0.29, 0.717) is 11.5 Å². The van der Waals surface area contributed by atoms with Gasteiger partial charge in [0.1, 0.15) is 0 Å². The van der Waals surface area contributed by atoms with Gasteiger partial charge in [0, 0.05) is 5.56 Å². The van der Waals surface area contributed by atoms with Crippen LogP contribution in [0.2, 0.25) is 0 Å². The minimum atomic E-state index is -0.907. The molecule has 0 radical (unpaired) electrons. The van der Waals surface area contributed by atoms with Crippen LogP contribution in [0.3, 0.4) is 0 Å². The third-order valence-corrected chi connectivity index (χ3v) is 5.63. The Kier molecular flexibility index (Phi) is 7.62. The Labute approximate surface area is 173 Å². The van der Waals surface area contributed by atoms with E-state index in [1.54, 1.807) is 6.07 Å². The average Bonchev–Trinajstić information content (AvgIpc) is 2.75. The molecule has 1 unspecified atom stereocenters. The van der Waals surface area contributed by atoms with Gasteiger partial charge in [0.15, 0.2) is 11.6 Å². The van der Waals surface area contributed by atoms with Crippen molar-refractivity contribution in [2.75, 3.05) is 7.11 Å². The molecule has 0 aromatic heterocycles. The summed E-state index contributed by atoms with van der Waals surface area (Å²) in [6.07, 6.45) is 13.6. The Hall–Kier alpha value is -2.42. The van der Waals surface area contributed by atoms with Gasteiger partial charge >= 0.3 is 0 Å². The molecule has 0 saturated carbocycles. The maximum atomic E-state index is 14.3. The van der Waals surface area contributed by atoms with E-state index in [9.17, 15) is 8.78 Å². The van der Waals surface area contributed by atoms with E-state index < -0.39 is 11.6 Å². The maximum absolute atomic E-state index is 14.3. The summed E-state index contributed by atoms with van der Waals surface area (Å²) in [6, 6.07) is 12.0. The fourth-order valence-electron chi connectivity index (χ4n) is 3.91. The second-order valence-corrected chi connectivity index (χ2v) is 7.74. The summed E-state index contributed by atoms with van der Waals surface area (Å²) >= 11 is 0. The molecule has 0 heterocycles. The minimum Gasteiger partial charge on any atom is -0.494 e. The zero-order valence-corrected chi connectivity index (χ0v) is 17.4. The topological polar surface area (TPSA) is 9.23 Å². The van der Waals surface area contributed by atoms with Crippen LogP contribution in [0.4, 0.5) is 8.78 Å². The summed E-state index contributed by atoms with van der Waals surface area (Å²) in [5.41, 5.74) is 4.03. The number of hydrogen-bond donors (Lipinski definition) is 0. The summed E-state index contributed by atoms with van der Waals surface area (Å²) in [5, 5.41) is 0. The number of allylic oxidation sites excluding steroid dienone is 4. The third kappa shape index (κ3) is 5.56. The van der Waals surface area contributed by atoms with Gasteiger partial charge in [0.2, 0.25) is 5.82 Å². The van der Waals surface area contributed by atoms with Crippen LogP contribution in [0.25, 0.3) is 5.57 Å². The largest absolute Gasteiger partial charge is 0.494 e. The van der Waals surface area contributed by atoms with Crippen molar-refractivity contribution in [2.24, 2.45) is 5.92 Å². The predicted octanol–water partition coefficient (Wildman–Crippen LogP) is 7.30. The van der Waals surface area contributed by atoms with Crippen LogP contribution in [0.5, 0.6) is 5.75 Å². The van der Waals surface area contributed by atoms with Gasteiger partial charge in [-0.15, -0.1) is 0 Å². The van der Waals surface area contributed by atoms with Gasteiger partial charge in [-0.2, -0.15) is 4.39 Å². The lowest BCUT2D eigenvalue weighted by Gasteiger charge is -2.20. The van der Waals surface area contributed by atoms with E-state index in [-0.39, 0.29) is 5.75 Å². The highest BCUT2D eigenvalue weighted by Crippen LogP contribution is 2.34. The van der Waals surface area contributed by atoms with Crippen LogP contribution >= 0.6 is 0 Å². The fourth-order valence-corrected chi connectivity index (χ4v) is 3.91. The highest BCUT2D eigenvalue weighted by atomic mass is 19.2. The Morgan fingerprint density at radius 1 is 1.00 bits per heavy atom. The van der Waals surface area contributed by atoms with E-state index in [1.807, 2.05) is 0 Å². The highest BCUT2D eigenvalue weighted by Gasteiger charge is 2.19. The normalized spacial score (nSPS) is 16.8. The second-order valence-electron chi connectivity index (χ2n) is 7.74. The molecule has 0 fully saturated rings. The van der Waals surface area contributed by atoms with E-state index in [0.717, 1.165) is 44.1 Å². The first kappa shape index (κ1) is 21.3. The van der Waals surface area contributed by atoms with Gasteiger partial charge in [-0.25, -0.2) is 4.39 Å². The van der Waals surface area contributed by atoms with Crippen molar-refractivity contribution in [3.63, 3.8) is 0 Å². The molecule has 1 nitrogen and oxygen atoms in total. The molecular weight excluding hydrogens is 366 g/mol. The standard InChI is InChI=1S/C26H30F2O/c1-3-6-19-9-11-20(12-10-19)7-4-5-8-21-13-15-22(16-14-21)23-17-18-24(29-2)26(28)25(23)27/h5,8-12,15,17-18,21H,3-4,6-7,13-14,16H2,1-2H3/b8-5+. The third-order valence-electron chi connectivity index (χ3n) is 5.63. The van der Waals surface area contributed by atoms with Gasteiger partial charge in [0.25, 0.3) is 0 Å². The molecule has 154 valence electrons. The first-order valence-corrected chi connectivity index (χ1v) is 10.6. The molecule has 2 aromatic carbocycles. The first-order chi connectivity index (χ1) is 14.1. The van der Waals surface area contributed by atoms with Crippen molar-refractivity contribution in [1.29, 1.82) is 0 Å². The summed E-state index contributed by atoms with van der Waals surface area (Å²) in [4.78, 5) is 0. The summed E-state index contributed by atoms with van der Waals surface area (Å²) in [6.45, 7) is 2.20. The molecule has 0 N–H and O–H groups in total. The molecule has 0 amide bonds. The van der Waals surface area contributed by atoms with Crippen molar-refractivity contribution < 1.29 is 13.5 Å². The second kappa shape index (κ2) is 10.4. The number of aryl methyl sites for hydroxylation is 2. The van der Waals surface area contributed by atoms with Crippen molar-refractivity contribution in [1.82, 2.24) is 0 Å². The van der Waals surface area contributed by atoms with Crippen molar-refractivity contribution >= 4 is 5.57 Å². The summed E-state index contributed by atoms with van der Waals surface area (Å²) in [7, 11) is 1.34. The Balaban J connectivity index is 1.51. The van der Waals surface area contributed by atoms with Crippen LogP contribution < -0.4 is 4.74 Å². The first-order valence-electron chi connectivity index (χ1n) is 10.6. The van der Waals surface area contributed by atoms with Crippen molar-refractivity contribution in [3.8, 4) is 5.75 Å². The van der Waals surface area contributed by atoms with E-state index in [2.05, 4.69) is 49.4 Å². The molecule has 0 spiro atoms. The quantitative estimate of drug-likeness (QED) is 0.425. The molecule has 0 bridgehead atoms. The van der Waals surface area contributed by atoms with Gasteiger partial charge < -0.3 is 4.74 Å². The van der Waals surface area contributed by atoms with Crippen LogP contribution in [-0.4, -0.2) is 7.11 Å². The molecule has 0 aliphatic heterocycles. The lowest BCUT2D eigenvalue weighted by atomic mass is 9.86. The van der Waals surface area contributed by atoms with Crippen LogP contribution in [0.15, 0.2) is 54.6 Å². The number of rotatable bonds is 8. The van der Waals surface area contributed by atoms with Crippen LogP contribution in [0.1, 0.15) is 55.7 Å². The molecule has 0 saturated heterocycles. The summed E-state index contributed by atoms with van der Waals surface area (Å²) < 4.78 is 33.1. The lowest BCUT2D eigenvalue weighted by Crippen LogP contribution is -2.05. The molecular formula is C26H30F2O. The van der Waals surface area contributed by atoms with Crippen LogP contribution in [0, 0.1) is 17.6 Å². The van der Waals surface area contributed by atoms with Crippen LogP contribution in [-0.2, 0) is 12.8 Å². The Morgan fingerprint density at radius 3 is 2.34 bits per heavy atom. The minimum absolute atomic E-state index is 0.0523. The smallest absolute Gasteiger partial charge is 0.201 e. The Bertz CT molecular complexity index is 865. The number of methoxy groups -OCH3 is 1. The van der Waals surface area contributed by atoms with E-state index in [4.69, 9.17) is 4.74 Å². The predicted molar refractivity (Wildman–Crippen MR) is 116 cm³/mol. The number of hydrogen-bond acceptors (Lipinski definition) is 1. The van der Waals surface area contributed by atoms with E-state index >= 15 is 0 Å². The number of ether oxygens (including phenoxy) is 1. The zero-order chi connectivity index (χ0) is 20.6. The fraction of sp³-hybridized carbons (Fsp3) is 0.385. The average molecular weight is 397 g/mol. The summed E-state index contributed by atoms with van der Waals surface area (Å²) in [5.74, 6) is -1.30. The molecule has 1 aliphatic carbocycles. The van der Waals surface area contributed by atoms with Gasteiger partial charge in [0.05, 0.1) is 7.11 Å². The molecule has 3 heteroatoms. The molecule has 1 aliphatic rings. The highest BCUT2D eigenvalue weighted by molar-refractivity contribution is 5.67. The van der Waals surface area contributed by atoms with Crippen molar-refractivity contribution in [2.45, 2.75) is 51.9 Å². The zero-order valence-electron chi connectivity index (χ0n) is 17.4. The maximum Gasteiger partial charge on any atom is 0.201 e. The lowest BCUT2D eigenvalue weighted by molar-refractivity contribution is 0.371. The van der Waals surface area contributed by atoms with Crippen molar-refractivity contribution in [3.05, 3.63) is 83.0 Å². The molecule has 2 aromatic rings. The number of halogens is 2. The Morgan fingerprint density at radius 2 is 1.72 bits per heavy atom. The van der Waals surface area contributed by atoms with Gasteiger partial charge in [-0.3, -0.25) is 0 Å². The van der Waals surface area contributed by atoms with E-state index in [1.165, 1.54) is 30.7 Å². The monoisotopic (exact) mass is 396 g/mol. The number of benzene rings is 2. The molecule has 29 heavy (non-hydrogen) atoms. The van der Waals surface area contributed by atoms with Gasteiger partial charge in [-0.1, -0.05) is 55.8 Å².